The number of rotatable bonds is 1. The van der Waals surface area contributed by atoms with E-state index >= 15 is 0 Å². The number of benzene rings is 2. The summed E-state index contributed by atoms with van der Waals surface area (Å²) >= 11 is 0. The summed E-state index contributed by atoms with van der Waals surface area (Å²) in [4.78, 5) is 0. The van der Waals surface area contributed by atoms with Crippen molar-refractivity contribution >= 4 is 21.8 Å². The van der Waals surface area contributed by atoms with Crippen LogP contribution in [0.5, 0.6) is 0 Å². The molecule has 2 aromatic heterocycles. The standard InChI is InChI=1S/C14H9N5/c1-2-4-11-10(3-1)8-15-18-14(11)9-5-6-12-13(7-9)17-19-16-12/h1-8H,(H,16,17,19). The molecule has 0 radical (unpaired) electrons. The first-order chi connectivity index (χ1) is 9.42. The van der Waals surface area contributed by atoms with Gasteiger partial charge in [0.1, 0.15) is 16.7 Å². The molecule has 0 unspecified atom stereocenters. The fourth-order valence-electron chi connectivity index (χ4n) is 2.23. The third kappa shape index (κ3) is 1.55. The summed E-state index contributed by atoms with van der Waals surface area (Å²) in [5.41, 5.74) is 3.53. The van der Waals surface area contributed by atoms with Crippen molar-refractivity contribution in [3.63, 3.8) is 0 Å². The van der Waals surface area contributed by atoms with E-state index in [2.05, 4.69) is 25.6 Å². The first-order valence-corrected chi connectivity index (χ1v) is 5.93. The van der Waals surface area contributed by atoms with Crippen molar-refractivity contribution in [2.45, 2.75) is 0 Å². The number of fused-ring (bicyclic) bond motifs is 2. The number of hydrogen-bond acceptors (Lipinski definition) is 4. The van der Waals surface area contributed by atoms with E-state index in [1.807, 2.05) is 42.5 Å². The Balaban J connectivity index is 2.03. The van der Waals surface area contributed by atoms with Crippen molar-refractivity contribution in [2.75, 3.05) is 0 Å². The molecule has 0 aliphatic carbocycles. The van der Waals surface area contributed by atoms with E-state index in [0.717, 1.165) is 33.1 Å². The Bertz CT molecular complexity index is 876. The SMILES string of the molecule is c1ccc2c(-c3ccc4n[nH]nc4c3)nncc2c1. The van der Waals surface area contributed by atoms with Gasteiger partial charge in [-0.1, -0.05) is 30.3 Å². The predicted molar refractivity (Wildman–Crippen MR) is 72.4 cm³/mol. The highest BCUT2D eigenvalue weighted by Gasteiger charge is 2.07. The number of nitrogens with zero attached hydrogens (tertiary/aromatic N) is 4. The van der Waals surface area contributed by atoms with E-state index in [1.165, 1.54) is 0 Å². The number of aromatic amines is 1. The summed E-state index contributed by atoms with van der Waals surface area (Å²) in [6.07, 6.45) is 1.77. The second kappa shape index (κ2) is 3.84. The van der Waals surface area contributed by atoms with E-state index in [0.29, 0.717) is 0 Å². The summed E-state index contributed by atoms with van der Waals surface area (Å²) in [7, 11) is 0. The minimum Gasteiger partial charge on any atom is -0.197 e. The maximum Gasteiger partial charge on any atom is 0.113 e. The lowest BCUT2D eigenvalue weighted by Gasteiger charge is -2.04. The minimum absolute atomic E-state index is 0.826. The molecule has 5 nitrogen and oxygen atoms in total. The molecule has 4 aromatic rings. The van der Waals surface area contributed by atoms with Gasteiger partial charge >= 0.3 is 0 Å². The quantitative estimate of drug-likeness (QED) is 0.561. The topological polar surface area (TPSA) is 67.3 Å². The monoisotopic (exact) mass is 247 g/mol. The van der Waals surface area contributed by atoms with Crippen LogP contribution in [-0.4, -0.2) is 25.6 Å². The highest BCUT2D eigenvalue weighted by atomic mass is 15.3. The van der Waals surface area contributed by atoms with Gasteiger partial charge in [-0.3, -0.25) is 0 Å². The first kappa shape index (κ1) is 10.1. The Labute approximate surface area is 108 Å². The van der Waals surface area contributed by atoms with Gasteiger partial charge in [0.2, 0.25) is 0 Å². The zero-order chi connectivity index (χ0) is 12.7. The average molecular weight is 247 g/mol. The lowest BCUT2D eigenvalue weighted by molar-refractivity contribution is 0.959. The second-order valence-corrected chi connectivity index (χ2v) is 4.31. The Morgan fingerprint density at radius 1 is 0.895 bits per heavy atom. The van der Waals surface area contributed by atoms with Gasteiger partial charge in [0.25, 0.3) is 0 Å². The van der Waals surface area contributed by atoms with Gasteiger partial charge in [-0.2, -0.15) is 20.5 Å². The van der Waals surface area contributed by atoms with E-state index in [4.69, 9.17) is 0 Å². The largest absolute Gasteiger partial charge is 0.197 e. The molecule has 90 valence electrons. The Morgan fingerprint density at radius 2 is 1.79 bits per heavy atom. The average Bonchev–Trinajstić information content (AvgIpc) is 2.94. The molecule has 0 spiro atoms. The third-order valence-electron chi connectivity index (χ3n) is 3.16. The van der Waals surface area contributed by atoms with Gasteiger partial charge in [0.05, 0.1) is 6.20 Å². The lowest BCUT2D eigenvalue weighted by atomic mass is 10.0. The van der Waals surface area contributed by atoms with Crippen LogP contribution >= 0.6 is 0 Å². The molecular formula is C14H9N5. The molecular weight excluding hydrogens is 238 g/mol. The molecule has 0 saturated carbocycles. The van der Waals surface area contributed by atoms with Crippen molar-refractivity contribution < 1.29 is 0 Å². The molecule has 0 fully saturated rings. The summed E-state index contributed by atoms with van der Waals surface area (Å²) in [5, 5.41) is 21.2. The molecule has 1 N–H and O–H groups in total. The van der Waals surface area contributed by atoms with E-state index in [-0.39, 0.29) is 0 Å². The van der Waals surface area contributed by atoms with Gasteiger partial charge in [-0.15, -0.1) is 5.10 Å². The summed E-state index contributed by atoms with van der Waals surface area (Å²) < 4.78 is 0. The Kier molecular flexibility index (Phi) is 2.05. The zero-order valence-corrected chi connectivity index (χ0v) is 9.91. The minimum atomic E-state index is 0.826. The van der Waals surface area contributed by atoms with E-state index in [9.17, 15) is 0 Å². The summed E-state index contributed by atoms with van der Waals surface area (Å²) in [6, 6.07) is 14.0. The maximum absolute atomic E-state index is 4.26. The Morgan fingerprint density at radius 3 is 2.79 bits per heavy atom. The molecule has 0 atom stereocenters. The molecule has 4 rings (SSSR count). The fraction of sp³-hybridized carbons (Fsp3) is 0. The van der Waals surface area contributed by atoms with Gasteiger partial charge in [0, 0.05) is 16.3 Å². The van der Waals surface area contributed by atoms with Crippen molar-refractivity contribution in [3.8, 4) is 11.3 Å². The van der Waals surface area contributed by atoms with Gasteiger partial charge in [-0.05, 0) is 12.1 Å². The van der Waals surface area contributed by atoms with Gasteiger partial charge in [-0.25, -0.2) is 0 Å². The normalized spacial score (nSPS) is 11.2. The summed E-state index contributed by atoms with van der Waals surface area (Å²) in [5.74, 6) is 0. The Hall–Kier alpha value is -2.82. The summed E-state index contributed by atoms with van der Waals surface area (Å²) in [6.45, 7) is 0. The van der Waals surface area contributed by atoms with Crippen LogP contribution in [0.4, 0.5) is 0 Å². The smallest absolute Gasteiger partial charge is 0.113 e. The maximum atomic E-state index is 4.26. The van der Waals surface area contributed by atoms with Crippen LogP contribution in [0.1, 0.15) is 0 Å². The molecule has 0 aliphatic heterocycles. The third-order valence-corrected chi connectivity index (χ3v) is 3.16. The van der Waals surface area contributed by atoms with Crippen LogP contribution in [0.15, 0.2) is 48.7 Å². The van der Waals surface area contributed by atoms with Crippen LogP contribution < -0.4 is 0 Å². The van der Waals surface area contributed by atoms with Crippen LogP contribution in [0, 0.1) is 0 Å². The van der Waals surface area contributed by atoms with Crippen molar-refractivity contribution in [1.82, 2.24) is 25.6 Å². The van der Waals surface area contributed by atoms with Crippen molar-refractivity contribution in [2.24, 2.45) is 0 Å². The van der Waals surface area contributed by atoms with Gasteiger partial charge < -0.3 is 0 Å². The molecule has 0 aliphatic rings. The van der Waals surface area contributed by atoms with E-state index < -0.39 is 0 Å². The molecule has 0 saturated heterocycles. The number of nitrogens with one attached hydrogen (secondary N) is 1. The van der Waals surface area contributed by atoms with Crippen molar-refractivity contribution in [3.05, 3.63) is 48.7 Å². The molecule has 2 heterocycles. The number of hydrogen-bond donors (Lipinski definition) is 1. The van der Waals surface area contributed by atoms with E-state index in [1.54, 1.807) is 6.20 Å². The molecule has 19 heavy (non-hydrogen) atoms. The second-order valence-electron chi connectivity index (χ2n) is 4.31. The first-order valence-electron chi connectivity index (χ1n) is 5.93. The van der Waals surface area contributed by atoms with Crippen LogP contribution in [0.25, 0.3) is 33.1 Å². The van der Waals surface area contributed by atoms with Crippen LogP contribution in [0.3, 0.4) is 0 Å². The van der Waals surface area contributed by atoms with Gasteiger partial charge in [0.15, 0.2) is 0 Å². The van der Waals surface area contributed by atoms with Crippen LogP contribution in [-0.2, 0) is 0 Å². The molecule has 5 heteroatoms. The molecule has 2 aromatic carbocycles. The molecule has 0 amide bonds. The lowest BCUT2D eigenvalue weighted by Crippen LogP contribution is -1.89. The highest BCUT2D eigenvalue weighted by Crippen LogP contribution is 2.26. The number of H-pyrrole nitrogens is 1. The molecule has 0 bridgehead atoms. The van der Waals surface area contributed by atoms with Crippen molar-refractivity contribution in [1.29, 1.82) is 0 Å². The zero-order valence-electron chi connectivity index (χ0n) is 9.91. The number of aromatic nitrogens is 5. The highest BCUT2D eigenvalue weighted by molar-refractivity contribution is 5.95. The predicted octanol–water partition coefficient (Wildman–Crippen LogP) is 2.57. The fourth-order valence-corrected chi connectivity index (χ4v) is 2.23. The van der Waals surface area contributed by atoms with Crippen LogP contribution in [0.2, 0.25) is 0 Å².